The molecule has 0 bridgehead atoms. The largest absolute Gasteiger partial charge is 0.507 e. The lowest BCUT2D eigenvalue weighted by Crippen LogP contribution is -2.38. The summed E-state index contributed by atoms with van der Waals surface area (Å²) >= 11 is 0. The van der Waals surface area contributed by atoms with Gasteiger partial charge in [0.1, 0.15) is 17.3 Å². The molecule has 0 atom stereocenters. The van der Waals surface area contributed by atoms with E-state index in [9.17, 15) is 9.50 Å². The fraction of sp³-hybridized carbons (Fsp3) is 0.478. The van der Waals surface area contributed by atoms with Crippen LogP contribution in [0, 0.1) is 11.7 Å². The number of aromatic hydroxyl groups is 1. The predicted octanol–water partition coefficient (Wildman–Crippen LogP) is 3.93. The van der Waals surface area contributed by atoms with Crippen LogP contribution in [0.5, 0.6) is 11.5 Å². The minimum atomic E-state index is -0.152. The van der Waals surface area contributed by atoms with E-state index >= 15 is 0 Å². The van der Waals surface area contributed by atoms with E-state index < -0.39 is 0 Å². The monoisotopic (exact) mass is 386 g/mol. The molecule has 1 fully saturated rings. The third-order valence-corrected chi connectivity index (χ3v) is 5.64. The van der Waals surface area contributed by atoms with Crippen molar-refractivity contribution in [1.82, 2.24) is 9.80 Å². The molecule has 5 heteroatoms. The molecule has 0 aliphatic carbocycles. The number of benzene rings is 2. The molecule has 4 nitrogen and oxygen atoms in total. The second-order valence-electron chi connectivity index (χ2n) is 7.82. The van der Waals surface area contributed by atoms with E-state index in [1.807, 2.05) is 12.1 Å². The van der Waals surface area contributed by atoms with Crippen LogP contribution in [0.2, 0.25) is 0 Å². The average molecular weight is 387 g/mol. The van der Waals surface area contributed by atoms with Gasteiger partial charge in [-0.1, -0.05) is 18.2 Å². The molecule has 2 aromatic carbocycles. The highest BCUT2D eigenvalue weighted by atomic mass is 19.1. The number of phenolic OH excluding ortho intramolecular Hbond substituents is 1. The number of halogens is 1. The Hall–Kier alpha value is -2.11. The van der Waals surface area contributed by atoms with Gasteiger partial charge < -0.3 is 19.6 Å². The van der Waals surface area contributed by atoms with Crippen molar-refractivity contribution in [3.05, 3.63) is 59.4 Å². The highest BCUT2D eigenvalue weighted by molar-refractivity contribution is 5.43. The van der Waals surface area contributed by atoms with E-state index in [1.54, 1.807) is 31.4 Å². The van der Waals surface area contributed by atoms with Crippen LogP contribution in [0.3, 0.4) is 0 Å². The van der Waals surface area contributed by atoms with Crippen molar-refractivity contribution in [2.75, 3.05) is 40.3 Å². The van der Waals surface area contributed by atoms with Crippen LogP contribution in [-0.4, -0.2) is 55.2 Å². The smallest absolute Gasteiger partial charge is 0.127 e. The normalized spacial score (nSPS) is 15.9. The molecule has 0 unspecified atom stereocenters. The maximum Gasteiger partial charge on any atom is 0.127 e. The lowest BCUT2D eigenvalue weighted by Gasteiger charge is -2.34. The maximum absolute atomic E-state index is 13.3. The van der Waals surface area contributed by atoms with Crippen LogP contribution in [0.15, 0.2) is 42.5 Å². The first-order valence-corrected chi connectivity index (χ1v) is 10.1. The quantitative estimate of drug-likeness (QED) is 0.746. The Bertz CT molecular complexity index is 760. The molecule has 0 amide bonds. The zero-order valence-electron chi connectivity index (χ0n) is 16.9. The summed E-state index contributed by atoms with van der Waals surface area (Å²) in [6.45, 7) is 4.85. The second-order valence-corrected chi connectivity index (χ2v) is 7.82. The summed E-state index contributed by atoms with van der Waals surface area (Å²) in [7, 11) is 3.74. The summed E-state index contributed by atoms with van der Waals surface area (Å²) in [5.41, 5.74) is 1.92. The fourth-order valence-electron chi connectivity index (χ4n) is 4.05. The van der Waals surface area contributed by atoms with Gasteiger partial charge in [-0.25, -0.2) is 4.39 Å². The molecule has 1 N–H and O–H groups in total. The van der Waals surface area contributed by atoms with Crippen LogP contribution in [0.4, 0.5) is 4.39 Å². The van der Waals surface area contributed by atoms with Crippen LogP contribution in [-0.2, 0) is 13.0 Å². The van der Waals surface area contributed by atoms with Crippen molar-refractivity contribution < 1.29 is 14.2 Å². The predicted molar refractivity (Wildman–Crippen MR) is 110 cm³/mol. The molecule has 1 aliphatic rings. The Balaban J connectivity index is 1.43. The van der Waals surface area contributed by atoms with Gasteiger partial charge in [0.25, 0.3) is 0 Å². The molecular formula is C23H31FN2O2. The molecule has 0 aromatic heterocycles. The molecule has 2 aromatic rings. The minimum absolute atomic E-state index is 0.152. The van der Waals surface area contributed by atoms with Gasteiger partial charge in [-0.05, 0) is 75.1 Å². The SMILES string of the molecule is COc1cccc(O)c1CN(C)CC1CCN(CCc2cccc(F)c2)CC1. The number of hydrogen-bond donors (Lipinski definition) is 1. The van der Waals surface area contributed by atoms with Gasteiger partial charge in [0.05, 0.1) is 7.11 Å². The maximum atomic E-state index is 13.3. The second kappa shape index (κ2) is 9.89. The van der Waals surface area contributed by atoms with Crippen LogP contribution in [0.1, 0.15) is 24.0 Å². The molecule has 3 rings (SSSR count). The van der Waals surface area contributed by atoms with Gasteiger partial charge in [0.15, 0.2) is 0 Å². The van der Waals surface area contributed by atoms with E-state index in [0.717, 1.165) is 49.5 Å². The Kier molecular flexibility index (Phi) is 7.29. The van der Waals surface area contributed by atoms with Crippen molar-refractivity contribution >= 4 is 0 Å². The first-order valence-electron chi connectivity index (χ1n) is 10.1. The molecule has 28 heavy (non-hydrogen) atoms. The van der Waals surface area contributed by atoms with E-state index in [4.69, 9.17) is 4.74 Å². The average Bonchev–Trinajstić information content (AvgIpc) is 2.69. The van der Waals surface area contributed by atoms with Crippen molar-refractivity contribution in [2.24, 2.45) is 5.92 Å². The molecule has 1 saturated heterocycles. The Morgan fingerprint density at radius 1 is 1.18 bits per heavy atom. The van der Waals surface area contributed by atoms with Crippen molar-refractivity contribution in [1.29, 1.82) is 0 Å². The molecule has 0 radical (unpaired) electrons. The van der Waals surface area contributed by atoms with Gasteiger partial charge in [-0.15, -0.1) is 0 Å². The molecule has 1 heterocycles. The van der Waals surface area contributed by atoms with Gasteiger partial charge in [-0.3, -0.25) is 0 Å². The number of phenols is 1. The number of hydrogen-bond acceptors (Lipinski definition) is 4. The van der Waals surface area contributed by atoms with Crippen molar-refractivity contribution in [3.63, 3.8) is 0 Å². The summed E-state index contributed by atoms with van der Waals surface area (Å²) < 4.78 is 18.7. The summed E-state index contributed by atoms with van der Waals surface area (Å²) in [4.78, 5) is 4.75. The van der Waals surface area contributed by atoms with Crippen LogP contribution in [0.25, 0.3) is 0 Å². The van der Waals surface area contributed by atoms with Crippen molar-refractivity contribution in [3.8, 4) is 11.5 Å². The Morgan fingerprint density at radius 2 is 1.93 bits per heavy atom. The number of rotatable bonds is 8. The first kappa shape index (κ1) is 20.6. The lowest BCUT2D eigenvalue weighted by molar-refractivity contribution is 0.152. The first-order chi connectivity index (χ1) is 13.5. The van der Waals surface area contributed by atoms with Crippen LogP contribution < -0.4 is 4.74 Å². The fourth-order valence-corrected chi connectivity index (χ4v) is 4.05. The Morgan fingerprint density at radius 3 is 2.64 bits per heavy atom. The number of ether oxygens (including phenoxy) is 1. The summed E-state index contributed by atoms with van der Waals surface area (Å²) in [5, 5.41) is 10.1. The van der Waals surface area contributed by atoms with E-state index in [0.29, 0.717) is 18.2 Å². The van der Waals surface area contributed by atoms with Gasteiger partial charge in [0, 0.05) is 25.2 Å². The summed E-state index contributed by atoms with van der Waals surface area (Å²) in [6.07, 6.45) is 3.24. The van der Waals surface area contributed by atoms with Gasteiger partial charge in [0.2, 0.25) is 0 Å². The number of piperidine rings is 1. The standard InChI is InChI=1S/C23H31FN2O2/c1-25(17-21-22(27)7-4-8-23(21)28-2)16-19-10-13-26(14-11-19)12-9-18-5-3-6-20(24)15-18/h3-8,15,19,27H,9-14,16-17H2,1-2H3. The van der Waals surface area contributed by atoms with Gasteiger partial charge in [-0.2, -0.15) is 0 Å². The Labute approximate surface area is 167 Å². The van der Waals surface area contributed by atoms with E-state index in [-0.39, 0.29) is 5.82 Å². The topological polar surface area (TPSA) is 35.9 Å². The molecule has 0 spiro atoms. The van der Waals surface area contributed by atoms with Gasteiger partial charge >= 0.3 is 0 Å². The minimum Gasteiger partial charge on any atom is -0.507 e. The number of likely N-dealkylation sites (tertiary alicyclic amines) is 1. The van der Waals surface area contributed by atoms with E-state index in [2.05, 4.69) is 16.8 Å². The lowest BCUT2D eigenvalue weighted by atomic mass is 9.95. The highest BCUT2D eigenvalue weighted by Crippen LogP contribution is 2.29. The summed E-state index contributed by atoms with van der Waals surface area (Å²) in [5.74, 6) is 1.53. The zero-order chi connectivity index (χ0) is 19.9. The molecular weight excluding hydrogens is 355 g/mol. The number of methoxy groups -OCH3 is 1. The third kappa shape index (κ3) is 5.69. The summed E-state index contributed by atoms with van der Waals surface area (Å²) in [6, 6.07) is 12.3. The molecule has 0 saturated carbocycles. The zero-order valence-corrected chi connectivity index (χ0v) is 16.9. The number of nitrogens with zero attached hydrogens (tertiary/aromatic N) is 2. The molecule has 1 aliphatic heterocycles. The van der Waals surface area contributed by atoms with Crippen LogP contribution >= 0.6 is 0 Å². The molecule has 152 valence electrons. The van der Waals surface area contributed by atoms with E-state index in [1.165, 1.54) is 18.9 Å². The highest BCUT2D eigenvalue weighted by Gasteiger charge is 2.21. The van der Waals surface area contributed by atoms with Crippen molar-refractivity contribution in [2.45, 2.75) is 25.8 Å². The third-order valence-electron chi connectivity index (χ3n) is 5.64.